The van der Waals surface area contributed by atoms with Gasteiger partial charge in [-0.1, -0.05) is 34.6 Å². The molecule has 2 nitrogen and oxygen atoms in total. The van der Waals surface area contributed by atoms with Crippen molar-refractivity contribution in [3.05, 3.63) is 0 Å². The molecule has 2 unspecified atom stereocenters. The van der Waals surface area contributed by atoms with Crippen LogP contribution in [-0.4, -0.2) is 25.3 Å². The SMILES string of the molecule is CCCNC(COC(C)C)CC(C)C(C)(C)C. The largest absolute Gasteiger partial charge is 0.377 e. The molecule has 0 bridgehead atoms. The summed E-state index contributed by atoms with van der Waals surface area (Å²) in [5, 5.41) is 3.60. The smallest absolute Gasteiger partial charge is 0.0623 e. The van der Waals surface area contributed by atoms with E-state index in [1.54, 1.807) is 0 Å². The molecular weight excluding hydrogens is 210 g/mol. The summed E-state index contributed by atoms with van der Waals surface area (Å²) >= 11 is 0. The maximum absolute atomic E-state index is 5.75. The molecule has 0 amide bonds. The average molecular weight is 243 g/mol. The van der Waals surface area contributed by atoms with Gasteiger partial charge in [0.25, 0.3) is 0 Å². The van der Waals surface area contributed by atoms with Gasteiger partial charge in [0.2, 0.25) is 0 Å². The molecule has 0 aromatic heterocycles. The lowest BCUT2D eigenvalue weighted by Crippen LogP contribution is -2.38. The summed E-state index contributed by atoms with van der Waals surface area (Å²) in [6.07, 6.45) is 2.70. The molecule has 0 heterocycles. The van der Waals surface area contributed by atoms with Gasteiger partial charge in [-0.15, -0.1) is 0 Å². The molecule has 0 rings (SSSR count). The number of ether oxygens (including phenoxy) is 1. The van der Waals surface area contributed by atoms with Crippen molar-refractivity contribution in [3.8, 4) is 0 Å². The van der Waals surface area contributed by atoms with Crippen LogP contribution in [0.5, 0.6) is 0 Å². The molecule has 17 heavy (non-hydrogen) atoms. The Morgan fingerprint density at radius 1 is 1.12 bits per heavy atom. The highest BCUT2D eigenvalue weighted by Crippen LogP contribution is 2.29. The zero-order valence-corrected chi connectivity index (χ0v) is 13.0. The van der Waals surface area contributed by atoms with Crippen LogP contribution in [0.4, 0.5) is 0 Å². The fraction of sp³-hybridized carbons (Fsp3) is 1.00. The van der Waals surface area contributed by atoms with Gasteiger partial charge in [-0.05, 0) is 44.6 Å². The molecular formula is C15H33NO. The molecule has 0 spiro atoms. The summed E-state index contributed by atoms with van der Waals surface area (Å²) in [7, 11) is 0. The Morgan fingerprint density at radius 3 is 2.12 bits per heavy atom. The summed E-state index contributed by atoms with van der Waals surface area (Å²) in [6.45, 7) is 17.6. The van der Waals surface area contributed by atoms with Crippen LogP contribution in [0.15, 0.2) is 0 Å². The molecule has 0 aliphatic heterocycles. The fourth-order valence-electron chi connectivity index (χ4n) is 1.65. The van der Waals surface area contributed by atoms with Gasteiger partial charge in [0.15, 0.2) is 0 Å². The summed E-state index contributed by atoms with van der Waals surface area (Å²) in [4.78, 5) is 0. The molecule has 0 aliphatic rings. The fourth-order valence-corrected chi connectivity index (χ4v) is 1.65. The van der Waals surface area contributed by atoms with Crippen LogP contribution in [0.2, 0.25) is 0 Å². The minimum absolute atomic E-state index is 0.325. The molecule has 2 atom stereocenters. The molecule has 0 saturated heterocycles. The Balaban J connectivity index is 4.17. The van der Waals surface area contributed by atoms with Gasteiger partial charge in [0.05, 0.1) is 12.7 Å². The van der Waals surface area contributed by atoms with Crippen molar-refractivity contribution in [2.45, 2.75) is 73.5 Å². The Bertz CT molecular complexity index is 184. The van der Waals surface area contributed by atoms with E-state index in [-0.39, 0.29) is 0 Å². The molecule has 0 fully saturated rings. The summed E-state index contributed by atoms with van der Waals surface area (Å²) in [5.41, 5.74) is 0.379. The maximum Gasteiger partial charge on any atom is 0.0623 e. The summed E-state index contributed by atoms with van der Waals surface area (Å²) < 4.78 is 5.75. The third kappa shape index (κ3) is 8.62. The van der Waals surface area contributed by atoms with Gasteiger partial charge in [0.1, 0.15) is 0 Å². The van der Waals surface area contributed by atoms with Crippen LogP contribution in [0.3, 0.4) is 0 Å². The van der Waals surface area contributed by atoms with E-state index in [0.717, 1.165) is 13.2 Å². The molecule has 0 aliphatic carbocycles. The Hall–Kier alpha value is -0.0800. The minimum atomic E-state index is 0.325. The van der Waals surface area contributed by atoms with Crippen molar-refractivity contribution in [3.63, 3.8) is 0 Å². The lowest BCUT2D eigenvalue weighted by Gasteiger charge is -2.31. The molecule has 104 valence electrons. The van der Waals surface area contributed by atoms with Crippen molar-refractivity contribution >= 4 is 0 Å². The molecule has 0 aromatic carbocycles. The second kappa shape index (κ2) is 8.10. The van der Waals surface area contributed by atoms with Crippen molar-refractivity contribution in [2.24, 2.45) is 11.3 Å². The van der Waals surface area contributed by atoms with Crippen molar-refractivity contribution in [2.75, 3.05) is 13.2 Å². The Labute approximate surface area is 109 Å². The maximum atomic E-state index is 5.75. The first-order chi connectivity index (χ1) is 7.77. The molecule has 2 heteroatoms. The van der Waals surface area contributed by atoms with Gasteiger partial charge >= 0.3 is 0 Å². The van der Waals surface area contributed by atoms with E-state index in [1.165, 1.54) is 12.8 Å². The van der Waals surface area contributed by atoms with Crippen LogP contribution in [0, 0.1) is 11.3 Å². The monoisotopic (exact) mass is 243 g/mol. The zero-order valence-electron chi connectivity index (χ0n) is 13.0. The normalized spacial score (nSPS) is 16.2. The van der Waals surface area contributed by atoms with E-state index >= 15 is 0 Å². The van der Waals surface area contributed by atoms with E-state index in [1.807, 2.05) is 0 Å². The highest BCUT2D eigenvalue weighted by atomic mass is 16.5. The molecule has 0 saturated carbocycles. The molecule has 0 radical (unpaired) electrons. The van der Waals surface area contributed by atoms with Crippen LogP contribution in [0.25, 0.3) is 0 Å². The van der Waals surface area contributed by atoms with Gasteiger partial charge in [0, 0.05) is 6.04 Å². The predicted octanol–water partition coefficient (Wildman–Crippen LogP) is 3.85. The second-order valence-electron chi connectivity index (χ2n) is 6.54. The van der Waals surface area contributed by atoms with E-state index in [9.17, 15) is 0 Å². The van der Waals surface area contributed by atoms with E-state index < -0.39 is 0 Å². The van der Waals surface area contributed by atoms with Gasteiger partial charge in [-0.3, -0.25) is 0 Å². The van der Waals surface area contributed by atoms with Crippen LogP contribution >= 0.6 is 0 Å². The lowest BCUT2D eigenvalue weighted by atomic mass is 9.78. The van der Waals surface area contributed by atoms with Crippen LogP contribution in [-0.2, 0) is 4.74 Å². The topological polar surface area (TPSA) is 21.3 Å². The van der Waals surface area contributed by atoms with Crippen molar-refractivity contribution < 1.29 is 4.74 Å². The highest BCUT2D eigenvalue weighted by Gasteiger charge is 2.23. The highest BCUT2D eigenvalue weighted by molar-refractivity contribution is 4.77. The lowest BCUT2D eigenvalue weighted by molar-refractivity contribution is 0.0515. The van der Waals surface area contributed by atoms with Crippen molar-refractivity contribution in [1.82, 2.24) is 5.32 Å². The van der Waals surface area contributed by atoms with Gasteiger partial charge < -0.3 is 10.1 Å². The quantitative estimate of drug-likeness (QED) is 0.699. The Kier molecular flexibility index (Phi) is 8.06. The first-order valence-corrected chi connectivity index (χ1v) is 7.12. The summed E-state index contributed by atoms with van der Waals surface area (Å²) in [6, 6.07) is 0.492. The number of nitrogens with one attached hydrogen (secondary N) is 1. The van der Waals surface area contributed by atoms with E-state index in [4.69, 9.17) is 4.74 Å². The van der Waals surface area contributed by atoms with E-state index in [0.29, 0.717) is 23.5 Å². The van der Waals surface area contributed by atoms with Crippen molar-refractivity contribution in [1.29, 1.82) is 0 Å². The molecule has 0 aromatic rings. The first kappa shape index (κ1) is 16.9. The third-order valence-electron chi connectivity index (χ3n) is 3.43. The van der Waals surface area contributed by atoms with E-state index in [2.05, 4.69) is 53.8 Å². The van der Waals surface area contributed by atoms with Gasteiger partial charge in [-0.2, -0.15) is 0 Å². The minimum Gasteiger partial charge on any atom is -0.377 e. The molecule has 1 N–H and O–H groups in total. The number of hydrogen-bond acceptors (Lipinski definition) is 2. The predicted molar refractivity (Wildman–Crippen MR) is 76.4 cm³/mol. The van der Waals surface area contributed by atoms with Crippen LogP contribution < -0.4 is 5.32 Å². The number of hydrogen-bond donors (Lipinski definition) is 1. The average Bonchev–Trinajstić information content (AvgIpc) is 2.20. The summed E-state index contributed by atoms with van der Waals surface area (Å²) in [5.74, 6) is 0.701. The first-order valence-electron chi connectivity index (χ1n) is 7.12. The Morgan fingerprint density at radius 2 is 1.71 bits per heavy atom. The standard InChI is InChI=1S/C15H33NO/c1-8-9-16-14(11-17-12(2)3)10-13(4)15(5,6)7/h12-14,16H,8-11H2,1-7H3. The third-order valence-corrected chi connectivity index (χ3v) is 3.43. The second-order valence-corrected chi connectivity index (χ2v) is 6.54. The zero-order chi connectivity index (χ0) is 13.5. The van der Waals surface area contributed by atoms with Gasteiger partial charge in [-0.25, -0.2) is 0 Å². The number of rotatable bonds is 8. The van der Waals surface area contributed by atoms with Crippen LogP contribution in [0.1, 0.15) is 61.3 Å².